The van der Waals surface area contributed by atoms with Crippen molar-refractivity contribution in [2.75, 3.05) is 0 Å². The van der Waals surface area contributed by atoms with E-state index in [4.69, 9.17) is 0 Å². The molecule has 6 nitrogen and oxygen atoms in total. The molecule has 0 unspecified atom stereocenters. The van der Waals surface area contributed by atoms with Gasteiger partial charge in [0.1, 0.15) is 16.3 Å². The van der Waals surface area contributed by atoms with Crippen LogP contribution in [0.1, 0.15) is 19.9 Å². The van der Waals surface area contributed by atoms with Gasteiger partial charge in [0.25, 0.3) is 0 Å². The van der Waals surface area contributed by atoms with E-state index in [0.29, 0.717) is 5.82 Å². The van der Waals surface area contributed by atoms with Crippen molar-refractivity contribution in [3.05, 3.63) is 42.5 Å². The number of phenols is 1. The number of hydrogen-bond donors (Lipinski definition) is 1. The smallest absolute Gasteiger partial charge is 0.173 e. The third-order valence-electron chi connectivity index (χ3n) is 3.74. The van der Waals surface area contributed by atoms with E-state index in [-0.39, 0.29) is 11.8 Å². The molecule has 0 amide bonds. The highest BCUT2D eigenvalue weighted by Gasteiger charge is 2.12. The Labute approximate surface area is 142 Å². The lowest BCUT2D eigenvalue weighted by Crippen LogP contribution is -2.02. The maximum absolute atomic E-state index is 9.60. The summed E-state index contributed by atoms with van der Waals surface area (Å²) in [5.41, 5.74) is 3.58. The lowest BCUT2D eigenvalue weighted by molar-refractivity contribution is 0.475. The zero-order chi connectivity index (χ0) is 16.7. The van der Waals surface area contributed by atoms with Gasteiger partial charge in [0, 0.05) is 17.2 Å². The topological polar surface area (TPSA) is 76.7 Å². The van der Waals surface area contributed by atoms with Crippen LogP contribution in [0.2, 0.25) is 0 Å². The van der Waals surface area contributed by atoms with Crippen LogP contribution in [-0.4, -0.2) is 29.5 Å². The van der Waals surface area contributed by atoms with Crippen LogP contribution >= 0.6 is 11.5 Å². The van der Waals surface area contributed by atoms with E-state index in [1.165, 1.54) is 11.5 Å². The SMILES string of the molecule is CC(C)n1nnc2cc(-c3nsc(-c4cccc(O)c4)n3)ccc21. The molecule has 24 heavy (non-hydrogen) atoms. The number of hydrogen-bond acceptors (Lipinski definition) is 6. The molecule has 2 heterocycles. The van der Waals surface area contributed by atoms with Crippen molar-refractivity contribution < 1.29 is 5.11 Å². The first-order chi connectivity index (χ1) is 11.6. The third kappa shape index (κ3) is 2.52. The molecule has 0 aliphatic rings. The molecular formula is C17H15N5OS. The molecule has 4 aromatic rings. The Hall–Kier alpha value is -2.80. The maximum atomic E-state index is 9.60. The first-order valence-electron chi connectivity index (χ1n) is 7.60. The molecule has 2 aromatic carbocycles. The van der Waals surface area contributed by atoms with E-state index in [9.17, 15) is 5.11 Å². The summed E-state index contributed by atoms with van der Waals surface area (Å²) in [5.74, 6) is 0.871. The van der Waals surface area contributed by atoms with Gasteiger partial charge in [-0.05, 0) is 55.7 Å². The number of aromatic hydroxyl groups is 1. The van der Waals surface area contributed by atoms with E-state index >= 15 is 0 Å². The number of nitrogens with zero attached hydrogens (tertiary/aromatic N) is 5. The first kappa shape index (κ1) is 14.8. The van der Waals surface area contributed by atoms with Crippen LogP contribution in [0.25, 0.3) is 33.0 Å². The van der Waals surface area contributed by atoms with Gasteiger partial charge in [-0.1, -0.05) is 17.3 Å². The Morgan fingerprint density at radius 3 is 2.75 bits per heavy atom. The quantitative estimate of drug-likeness (QED) is 0.613. The fraction of sp³-hybridized carbons (Fsp3) is 0.176. The van der Waals surface area contributed by atoms with Gasteiger partial charge in [0.15, 0.2) is 5.82 Å². The molecule has 0 bridgehead atoms. The molecule has 2 aromatic heterocycles. The number of fused-ring (bicyclic) bond motifs is 1. The number of rotatable bonds is 3. The molecule has 120 valence electrons. The molecule has 0 radical (unpaired) electrons. The second-order valence-electron chi connectivity index (χ2n) is 5.80. The minimum absolute atomic E-state index is 0.218. The zero-order valence-corrected chi connectivity index (χ0v) is 14.0. The molecule has 0 aliphatic carbocycles. The van der Waals surface area contributed by atoms with Gasteiger partial charge in [-0.3, -0.25) is 0 Å². The van der Waals surface area contributed by atoms with Gasteiger partial charge < -0.3 is 5.11 Å². The summed E-state index contributed by atoms with van der Waals surface area (Å²) in [6.45, 7) is 4.15. The maximum Gasteiger partial charge on any atom is 0.173 e. The van der Waals surface area contributed by atoms with Crippen LogP contribution in [0.5, 0.6) is 5.75 Å². The average molecular weight is 337 g/mol. The molecule has 0 aliphatic heterocycles. The van der Waals surface area contributed by atoms with Crippen molar-refractivity contribution in [2.24, 2.45) is 0 Å². The number of aromatic nitrogens is 5. The van der Waals surface area contributed by atoms with E-state index in [2.05, 4.69) is 33.5 Å². The normalized spacial score (nSPS) is 11.5. The van der Waals surface area contributed by atoms with Crippen LogP contribution in [-0.2, 0) is 0 Å². The predicted molar refractivity (Wildman–Crippen MR) is 93.9 cm³/mol. The molecule has 0 fully saturated rings. The monoisotopic (exact) mass is 337 g/mol. The van der Waals surface area contributed by atoms with Gasteiger partial charge in [-0.25, -0.2) is 9.67 Å². The van der Waals surface area contributed by atoms with Crippen LogP contribution in [0.15, 0.2) is 42.5 Å². The van der Waals surface area contributed by atoms with Crippen LogP contribution in [0, 0.1) is 0 Å². The number of phenolic OH excluding ortho intramolecular Hbond substituents is 1. The Morgan fingerprint density at radius 1 is 1.08 bits per heavy atom. The van der Waals surface area contributed by atoms with Gasteiger partial charge in [0.05, 0.1) is 5.52 Å². The summed E-state index contributed by atoms with van der Waals surface area (Å²) in [4.78, 5) is 4.58. The van der Waals surface area contributed by atoms with E-state index in [1.807, 2.05) is 28.9 Å². The van der Waals surface area contributed by atoms with Crippen molar-refractivity contribution in [1.82, 2.24) is 24.4 Å². The summed E-state index contributed by atoms with van der Waals surface area (Å²) in [6, 6.07) is 13.2. The van der Waals surface area contributed by atoms with Crippen molar-refractivity contribution in [2.45, 2.75) is 19.9 Å². The minimum atomic E-state index is 0.218. The first-order valence-corrected chi connectivity index (χ1v) is 8.37. The Morgan fingerprint density at radius 2 is 1.96 bits per heavy atom. The average Bonchev–Trinajstić information content (AvgIpc) is 3.21. The van der Waals surface area contributed by atoms with Gasteiger partial charge in [0.2, 0.25) is 0 Å². The molecule has 0 spiro atoms. The van der Waals surface area contributed by atoms with E-state index in [0.717, 1.165) is 27.2 Å². The summed E-state index contributed by atoms with van der Waals surface area (Å²) in [7, 11) is 0. The predicted octanol–water partition coefficient (Wildman–Crippen LogP) is 3.90. The molecule has 0 saturated heterocycles. The minimum Gasteiger partial charge on any atom is -0.508 e. The molecular weight excluding hydrogens is 322 g/mol. The fourth-order valence-corrected chi connectivity index (χ4v) is 3.24. The largest absolute Gasteiger partial charge is 0.508 e. The highest BCUT2D eigenvalue weighted by Crippen LogP contribution is 2.29. The molecule has 0 atom stereocenters. The second kappa shape index (κ2) is 5.68. The van der Waals surface area contributed by atoms with Crippen molar-refractivity contribution >= 4 is 22.6 Å². The lowest BCUT2D eigenvalue weighted by Gasteiger charge is -2.05. The Kier molecular flexibility index (Phi) is 3.50. The fourth-order valence-electron chi connectivity index (χ4n) is 2.56. The van der Waals surface area contributed by atoms with Gasteiger partial charge in [-0.15, -0.1) is 5.10 Å². The second-order valence-corrected chi connectivity index (χ2v) is 6.56. The zero-order valence-electron chi connectivity index (χ0n) is 13.2. The van der Waals surface area contributed by atoms with Crippen molar-refractivity contribution in [1.29, 1.82) is 0 Å². The van der Waals surface area contributed by atoms with Gasteiger partial charge in [-0.2, -0.15) is 4.37 Å². The van der Waals surface area contributed by atoms with E-state index in [1.54, 1.807) is 18.2 Å². The summed E-state index contributed by atoms with van der Waals surface area (Å²) in [6.07, 6.45) is 0. The summed E-state index contributed by atoms with van der Waals surface area (Å²) in [5, 5.41) is 18.8. The van der Waals surface area contributed by atoms with Crippen molar-refractivity contribution in [3.63, 3.8) is 0 Å². The van der Waals surface area contributed by atoms with Gasteiger partial charge >= 0.3 is 0 Å². The third-order valence-corrected chi connectivity index (χ3v) is 4.50. The van der Waals surface area contributed by atoms with E-state index < -0.39 is 0 Å². The highest BCUT2D eigenvalue weighted by molar-refractivity contribution is 7.09. The van der Waals surface area contributed by atoms with Crippen LogP contribution < -0.4 is 0 Å². The summed E-state index contributed by atoms with van der Waals surface area (Å²) < 4.78 is 6.33. The lowest BCUT2D eigenvalue weighted by atomic mass is 10.2. The Bertz CT molecular complexity index is 1020. The summed E-state index contributed by atoms with van der Waals surface area (Å²) >= 11 is 1.31. The van der Waals surface area contributed by atoms with Crippen LogP contribution in [0.4, 0.5) is 0 Å². The molecule has 0 saturated carbocycles. The molecule has 7 heteroatoms. The Balaban J connectivity index is 1.73. The number of benzene rings is 2. The molecule has 1 N–H and O–H groups in total. The molecule has 4 rings (SSSR count). The van der Waals surface area contributed by atoms with Crippen molar-refractivity contribution in [3.8, 4) is 27.7 Å². The van der Waals surface area contributed by atoms with Crippen LogP contribution in [0.3, 0.4) is 0 Å². The highest BCUT2D eigenvalue weighted by atomic mass is 32.1. The standard InChI is InChI=1S/C17H15N5OS/c1-10(2)22-15-7-6-11(9-14(15)19-21-22)16-18-17(24-20-16)12-4-3-5-13(23)8-12/h3-10,23H,1-2H3.